The molecule has 0 saturated carbocycles. The van der Waals surface area contributed by atoms with E-state index in [2.05, 4.69) is 15.3 Å². The molecule has 162 valence electrons. The fraction of sp³-hybridized carbons (Fsp3) is 0.318. The first-order valence-electron chi connectivity index (χ1n) is 10.1. The molecule has 0 spiro atoms. The van der Waals surface area contributed by atoms with Crippen LogP contribution in [0.25, 0.3) is 10.9 Å². The molecule has 3 aromatic rings. The van der Waals surface area contributed by atoms with Gasteiger partial charge in [0.25, 0.3) is 5.91 Å². The molecule has 3 heterocycles. The molecule has 9 heteroatoms. The molecule has 1 fully saturated rings. The third-order valence-corrected chi connectivity index (χ3v) is 5.66. The predicted octanol–water partition coefficient (Wildman–Crippen LogP) is 2.68. The highest BCUT2D eigenvalue weighted by molar-refractivity contribution is 6.30. The Labute approximate surface area is 183 Å². The van der Waals surface area contributed by atoms with E-state index in [0.29, 0.717) is 36.6 Å². The first-order valence-corrected chi connectivity index (χ1v) is 10.4. The number of likely N-dealkylation sites (tertiary alicyclic amines) is 1. The number of piperidine rings is 1. The highest BCUT2D eigenvalue weighted by Gasteiger charge is 2.29. The number of benzene rings is 1. The van der Waals surface area contributed by atoms with E-state index in [1.807, 2.05) is 0 Å². The Morgan fingerprint density at radius 2 is 1.97 bits per heavy atom. The summed E-state index contributed by atoms with van der Waals surface area (Å²) < 4.78 is 13.3. The average molecular weight is 445 g/mol. The van der Waals surface area contributed by atoms with Crippen molar-refractivity contribution in [2.75, 3.05) is 13.1 Å². The van der Waals surface area contributed by atoms with Crippen LogP contribution in [0.4, 0.5) is 4.39 Å². The lowest BCUT2D eigenvalue weighted by Crippen LogP contribution is -2.52. The second kappa shape index (κ2) is 9.03. The number of nitrogens with one attached hydrogen (secondary N) is 2. The van der Waals surface area contributed by atoms with Crippen LogP contribution in [0, 0.1) is 5.82 Å². The summed E-state index contributed by atoms with van der Waals surface area (Å²) >= 11 is 5.91. The van der Waals surface area contributed by atoms with Gasteiger partial charge >= 0.3 is 0 Å². The molecule has 1 aliphatic heterocycles. The normalized spacial score (nSPS) is 15.8. The Kier molecular flexibility index (Phi) is 6.20. The molecule has 3 N–H and O–H groups in total. The van der Waals surface area contributed by atoms with Gasteiger partial charge in [0.1, 0.15) is 22.7 Å². The van der Waals surface area contributed by atoms with Crippen molar-refractivity contribution in [3.8, 4) is 0 Å². The molecule has 2 aromatic heterocycles. The van der Waals surface area contributed by atoms with E-state index in [4.69, 9.17) is 11.6 Å². The molecular formula is C22H22ClFN4O3. The molecule has 7 nitrogen and oxygen atoms in total. The Hall–Kier alpha value is -2.97. The minimum Gasteiger partial charge on any atom is -0.393 e. The van der Waals surface area contributed by atoms with Gasteiger partial charge in [-0.05, 0) is 42.7 Å². The van der Waals surface area contributed by atoms with Crippen molar-refractivity contribution in [1.29, 1.82) is 0 Å². The van der Waals surface area contributed by atoms with Crippen LogP contribution in [-0.2, 0) is 11.2 Å². The highest BCUT2D eigenvalue weighted by Crippen LogP contribution is 2.19. The predicted molar refractivity (Wildman–Crippen MR) is 114 cm³/mol. The number of carbonyl (C=O) groups excluding carboxylic acids is 2. The van der Waals surface area contributed by atoms with Crippen LogP contribution in [0.5, 0.6) is 0 Å². The molecule has 31 heavy (non-hydrogen) atoms. The third kappa shape index (κ3) is 5.03. The molecule has 1 aliphatic rings. The van der Waals surface area contributed by atoms with Gasteiger partial charge in [-0.3, -0.25) is 9.59 Å². The van der Waals surface area contributed by atoms with Crippen molar-refractivity contribution >= 4 is 34.3 Å². The van der Waals surface area contributed by atoms with Crippen LogP contribution >= 0.6 is 11.6 Å². The number of aliphatic hydroxyl groups excluding tert-OH is 1. The lowest BCUT2D eigenvalue weighted by Gasteiger charge is -2.32. The average Bonchev–Trinajstić information content (AvgIpc) is 3.18. The number of pyridine rings is 1. The molecule has 1 atom stereocenters. The molecule has 0 aliphatic carbocycles. The van der Waals surface area contributed by atoms with Crippen LogP contribution < -0.4 is 5.32 Å². The molecular weight excluding hydrogens is 423 g/mol. The monoisotopic (exact) mass is 444 g/mol. The largest absolute Gasteiger partial charge is 0.393 e. The minimum atomic E-state index is -0.832. The quantitative estimate of drug-likeness (QED) is 0.527. The number of aliphatic hydroxyl groups is 1. The fourth-order valence-corrected chi connectivity index (χ4v) is 3.89. The maximum Gasteiger partial charge on any atom is 0.268 e. The number of hydrogen-bond donors (Lipinski definition) is 3. The first kappa shape index (κ1) is 21.3. The molecule has 0 radical (unpaired) electrons. The summed E-state index contributed by atoms with van der Waals surface area (Å²) in [6.07, 6.45) is 2.34. The van der Waals surface area contributed by atoms with Crippen molar-refractivity contribution in [3.05, 3.63) is 64.8 Å². The molecule has 0 bridgehead atoms. The van der Waals surface area contributed by atoms with E-state index in [-0.39, 0.29) is 23.8 Å². The van der Waals surface area contributed by atoms with Gasteiger partial charge in [0.15, 0.2) is 0 Å². The molecule has 2 amide bonds. The summed E-state index contributed by atoms with van der Waals surface area (Å²) in [5.74, 6) is -1.04. The fourth-order valence-electron chi connectivity index (χ4n) is 3.73. The molecule has 0 unspecified atom stereocenters. The van der Waals surface area contributed by atoms with Crippen LogP contribution in [0.3, 0.4) is 0 Å². The van der Waals surface area contributed by atoms with Gasteiger partial charge in [0, 0.05) is 24.9 Å². The van der Waals surface area contributed by atoms with E-state index >= 15 is 0 Å². The number of amides is 2. The van der Waals surface area contributed by atoms with E-state index < -0.39 is 18.1 Å². The summed E-state index contributed by atoms with van der Waals surface area (Å²) in [7, 11) is 0. The van der Waals surface area contributed by atoms with Crippen LogP contribution in [0.1, 0.15) is 28.9 Å². The van der Waals surface area contributed by atoms with Crippen molar-refractivity contribution in [3.63, 3.8) is 0 Å². The molecule has 1 saturated heterocycles. The van der Waals surface area contributed by atoms with Crippen molar-refractivity contribution < 1.29 is 19.1 Å². The van der Waals surface area contributed by atoms with E-state index in [1.54, 1.807) is 29.2 Å². The number of hydrogen-bond acceptors (Lipinski definition) is 4. The van der Waals surface area contributed by atoms with E-state index in [9.17, 15) is 19.1 Å². The lowest BCUT2D eigenvalue weighted by molar-refractivity contribution is -0.135. The summed E-state index contributed by atoms with van der Waals surface area (Å²) in [5, 5.41) is 13.6. The molecule has 1 aromatic carbocycles. The third-order valence-electron chi connectivity index (χ3n) is 5.45. The minimum absolute atomic E-state index is 0.220. The second-order valence-electron chi connectivity index (χ2n) is 7.69. The van der Waals surface area contributed by atoms with E-state index in [1.165, 1.54) is 18.3 Å². The zero-order valence-electron chi connectivity index (χ0n) is 16.6. The Bertz CT molecular complexity index is 1090. The number of rotatable bonds is 5. The number of fused-ring (bicyclic) bond motifs is 1. The Morgan fingerprint density at radius 1 is 1.26 bits per heavy atom. The maximum atomic E-state index is 13.3. The highest BCUT2D eigenvalue weighted by atomic mass is 35.5. The topological polar surface area (TPSA) is 98.3 Å². The standard InChI is InChI=1S/C22H22ClFN4O3/c23-20-11-14-10-17(26-19(14)12-25-20)21(30)27-18(9-13-1-3-15(24)4-2-13)22(31)28-7-5-16(29)6-8-28/h1-4,10-12,16,18,26,29H,5-9H2,(H,27,30)/t18-/m0/s1. The second-order valence-corrected chi connectivity index (χ2v) is 8.08. The van der Waals surface area contributed by atoms with Crippen LogP contribution in [0.15, 0.2) is 42.6 Å². The smallest absolute Gasteiger partial charge is 0.268 e. The Morgan fingerprint density at radius 3 is 2.68 bits per heavy atom. The zero-order chi connectivity index (χ0) is 22.0. The van der Waals surface area contributed by atoms with Gasteiger partial charge in [0.2, 0.25) is 5.91 Å². The van der Waals surface area contributed by atoms with Gasteiger partial charge in [-0.2, -0.15) is 0 Å². The van der Waals surface area contributed by atoms with Gasteiger partial charge < -0.3 is 20.3 Å². The number of nitrogens with zero attached hydrogens (tertiary/aromatic N) is 2. The number of aromatic amines is 1. The van der Waals surface area contributed by atoms with Crippen LogP contribution in [-0.4, -0.2) is 57.0 Å². The Balaban J connectivity index is 1.55. The van der Waals surface area contributed by atoms with Gasteiger partial charge in [-0.15, -0.1) is 0 Å². The maximum absolute atomic E-state index is 13.3. The van der Waals surface area contributed by atoms with Gasteiger partial charge in [-0.25, -0.2) is 9.37 Å². The molecule has 4 rings (SSSR count). The summed E-state index contributed by atoms with van der Waals surface area (Å²) in [5.41, 5.74) is 1.66. The zero-order valence-corrected chi connectivity index (χ0v) is 17.4. The lowest BCUT2D eigenvalue weighted by atomic mass is 10.0. The summed E-state index contributed by atoms with van der Waals surface area (Å²) in [6.45, 7) is 0.846. The SMILES string of the molecule is O=C(N[C@@H](Cc1ccc(F)cc1)C(=O)N1CCC(O)CC1)c1cc2cc(Cl)ncc2[nH]1. The van der Waals surface area contributed by atoms with Crippen molar-refractivity contribution in [1.82, 2.24) is 20.2 Å². The van der Waals surface area contributed by atoms with Gasteiger partial charge in [0.05, 0.1) is 17.8 Å². The van der Waals surface area contributed by atoms with Crippen molar-refractivity contribution in [2.45, 2.75) is 31.4 Å². The van der Waals surface area contributed by atoms with Gasteiger partial charge in [-0.1, -0.05) is 23.7 Å². The van der Waals surface area contributed by atoms with Crippen LogP contribution in [0.2, 0.25) is 5.15 Å². The summed E-state index contributed by atoms with van der Waals surface area (Å²) in [4.78, 5) is 34.7. The number of aromatic nitrogens is 2. The summed E-state index contributed by atoms with van der Waals surface area (Å²) in [6, 6.07) is 8.30. The van der Waals surface area contributed by atoms with Crippen molar-refractivity contribution in [2.24, 2.45) is 0 Å². The first-order chi connectivity index (χ1) is 14.9. The number of H-pyrrole nitrogens is 1. The number of carbonyl (C=O) groups is 2. The number of halogens is 2. The van der Waals surface area contributed by atoms with E-state index in [0.717, 1.165) is 10.9 Å².